The summed E-state index contributed by atoms with van der Waals surface area (Å²) >= 11 is 0. The van der Waals surface area contributed by atoms with Gasteiger partial charge in [0.25, 0.3) is 0 Å². The number of ether oxygens (including phenoxy) is 1. The van der Waals surface area contributed by atoms with Crippen molar-refractivity contribution in [1.82, 2.24) is 4.98 Å². The molecule has 0 saturated heterocycles. The van der Waals surface area contributed by atoms with Crippen LogP contribution in [0.1, 0.15) is 16.8 Å². The molecule has 0 saturated carbocycles. The second-order valence-electron chi connectivity index (χ2n) is 4.19. The van der Waals surface area contributed by atoms with Crippen molar-refractivity contribution in [2.75, 3.05) is 0 Å². The van der Waals surface area contributed by atoms with Crippen LogP contribution in [0.25, 0.3) is 0 Å². The minimum absolute atomic E-state index is 0.108. The molecule has 0 aliphatic rings. The zero-order chi connectivity index (χ0) is 13.8. The molecule has 5 heteroatoms. The second kappa shape index (κ2) is 5.48. The van der Waals surface area contributed by atoms with E-state index in [2.05, 4.69) is 4.98 Å². The zero-order valence-corrected chi connectivity index (χ0v) is 10.5. The van der Waals surface area contributed by atoms with E-state index in [1.54, 1.807) is 30.5 Å². The Morgan fingerprint density at radius 1 is 1.37 bits per heavy atom. The fourth-order valence-corrected chi connectivity index (χ4v) is 1.59. The van der Waals surface area contributed by atoms with Gasteiger partial charge in [0.1, 0.15) is 18.1 Å². The average Bonchev–Trinajstić information content (AvgIpc) is 2.40. The molecule has 2 rings (SSSR count). The minimum Gasteiger partial charge on any atom is -0.486 e. The Kier molecular flexibility index (Phi) is 3.75. The summed E-state index contributed by atoms with van der Waals surface area (Å²) in [7, 11) is 0. The van der Waals surface area contributed by atoms with Gasteiger partial charge in [-0.1, -0.05) is 6.07 Å². The molecule has 2 aromatic rings. The summed E-state index contributed by atoms with van der Waals surface area (Å²) in [6, 6.07) is 8.08. The quantitative estimate of drug-likeness (QED) is 0.654. The Labute approximate surface area is 110 Å². The maximum absolute atomic E-state index is 13.5. The molecule has 0 radical (unpaired) electrons. The molecule has 0 bridgehead atoms. The molecule has 3 N–H and O–H groups in total. The van der Waals surface area contributed by atoms with E-state index in [9.17, 15) is 4.39 Å². The van der Waals surface area contributed by atoms with E-state index in [1.165, 1.54) is 6.07 Å². The van der Waals surface area contributed by atoms with Gasteiger partial charge >= 0.3 is 0 Å². The summed E-state index contributed by atoms with van der Waals surface area (Å²) in [6.45, 7) is 2.07. The molecule has 0 atom stereocenters. The number of nitrogens with one attached hydrogen (secondary N) is 1. The number of amidine groups is 1. The first kappa shape index (κ1) is 13.0. The first-order chi connectivity index (χ1) is 9.06. The van der Waals surface area contributed by atoms with Gasteiger partial charge in [-0.15, -0.1) is 0 Å². The molecule has 0 aliphatic heterocycles. The molecule has 98 valence electrons. The highest BCUT2D eigenvalue weighted by molar-refractivity contribution is 5.93. The van der Waals surface area contributed by atoms with Crippen molar-refractivity contribution in [1.29, 1.82) is 5.41 Å². The highest BCUT2D eigenvalue weighted by Crippen LogP contribution is 2.19. The van der Waals surface area contributed by atoms with Gasteiger partial charge < -0.3 is 10.5 Å². The van der Waals surface area contributed by atoms with E-state index in [4.69, 9.17) is 15.9 Å². The number of hydrogen-bond acceptors (Lipinski definition) is 3. The summed E-state index contributed by atoms with van der Waals surface area (Å²) in [5.41, 5.74) is 7.44. The number of hydrogen-bond donors (Lipinski definition) is 2. The fraction of sp³-hybridized carbons (Fsp3) is 0.143. The molecule has 0 aliphatic carbocycles. The van der Waals surface area contributed by atoms with Crippen molar-refractivity contribution in [2.45, 2.75) is 13.5 Å². The molecule has 0 spiro atoms. The number of aromatic nitrogens is 1. The van der Waals surface area contributed by atoms with E-state index in [0.717, 1.165) is 11.1 Å². The highest BCUT2D eigenvalue weighted by Gasteiger charge is 2.05. The van der Waals surface area contributed by atoms with Gasteiger partial charge in [0.15, 0.2) is 11.6 Å². The Hall–Kier alpha value is -2.43. The molecular formula is C14H14FN3O. The summed E-state index contributed by atoms with van der Waals surface area (Å²) in [5, 5.41) is 7.31. The molecule has 0 unspecified atom stereocenters. The number of nitrogen functional groups attached to an aromatic ring is 1. The number of halogens is 1. The predicted octanol–water partition coefficient (Wildman–Crippen LogP) is 2.39. The van der Waals surface area contributed by atoms with Crippen LogP contribution in [0, 0.1) is 18.2 Å². The number of benzene rings is 1. The van der Waals surface area contributed by atoms with Crippen LogP contribution in [0.4, 0.5) is 4.39 Å². The lowest BCUT2D eigenvalue weighted by Crippen LogP contribution is -2.13. The monoisotopic (exact) mass is 259 g/mol. The highest BCUT2D eigenvalue weighted by atomic mass is 19.1. The van der Waals surface area contributed by atoms with Crippen molar-refractivity contribution in [3.05, 3.63) is 59.2 Å². The van der Waals surface area contributed by atoms with Crippen molar-refractivity contribution < 1.29 is 9.13 Å². The summed E-state index contributed by atoms with van der Waals surface area (Å²) < 4.78 is 18.9. The number of nitrogens with zero attached hydrogens (tertiary/aromatic N) is 1. The first-order valence-corrected chi connectivity index (χ1v) is 5.74. The third-order valence-corrected chi connectivity index (χ3v) is 2.58. The Morgan fingerprint density at radius 2 is 2.16 bits per heavy atom. The topological polar surface area (TPSA) is 72.0 Å². The summed E-state index contributed by atoms with van der Waals surface area (Å²) in [5.74, 6) is -0.295. The number of nitrogens with two attached hydrogens (primary N) is 1. The zero-order valence-electron chi connectivity index (χ0n) is 10.5. The van der Waals surface area contributed by atoms with Gasteiger partial charge in [0.2, 0.25) is 0 Å². The lowest BCUT2D eigenvalue weighted by molar-refractivity contribution is 0.290. The molecule has 1 aromatic heterocycles. The fourth-order valence-electron chi connectivity index (χ4n) is 1.59. The van der Waals surface area contributed by atoms with Gasteiger partial charge in [-0.3, -0.25) is 10.4 Å². The maximum Gasteiger partial charge on any atom is 0.165 e. The third-order valence-electron chi connectivity index (χ3n) is 2.58. The molecular weight excluding hydrogens is 245 g/mol. The van der Waals surface area contributed by atoms with Crippen LogP contribution < -0.4 is 10.5 Å². The molecule has 1 heterocycles. The van der Waals surface area contributed by atoms with Crippen LogP contribution >= 0.6 is 0 Å². The van der Waals surface area contributed by atoms with E-state index in [0.29, 0.717) is 5.69 Å². The van der Waals surface area contributed by atoms with Gasteiger partial charge in [0, 0.05) is 6.20 Å². The molecule has 0 fully saturated rings. The molecule has 19 heavy (non-hydrogen) atoms. The smallest absolute Gasteiger partial charge is 0.165 e. The van der Waals surface area contributed by atoms with Crippen molar-refractivity contribution >= 4 is 5.84 Å². The van der Waals surface area contributed by atoms with E-state index in [-0.39, 0.29) is 18.2 Å². The molecule has 0 amide bonds. The van der Waals surface area contributed by atoms with E-state index < -0.39 is 5.82 Å². The Morgan fingerprint density at radius 3 is 2.89 bits per heavy atom. The third kappa shape index (κ3) is 3.28. The molecule has 1 aromatic carbocycles. The Balaban J connectivity index is 2.12. The normalized spacial score (nSPS) is 10.2. The number of aryl methyl sites for hydroxylation is 1. The minimum atomic E-state index is -0.397. The SMILES string of the molecule is Cc1ccc(F)c(OCc2ccnc(C(=N)N)c2)c1. The first-order valence-electron chi connectivity index (χ1n) is 5.74. The standard InChI is InChI=1S/C14H14FN3O/c1-9-2-3-11(15)13(6-9)19-8-10-4-5-18-12(7-10)14(16)17/h2-7H,8H2,1H3,(H3,16,17). The van der Waals surface area contributed by atoms with Gasteiger partial charge in [-0.05, 0) is 42.3 Å². The van der Waals surface area contributed by atoms with Crippen molar-refractivity contribution in [3.8, 4) is 5.75 Å². The Bertz CT molecular complexity index is 613. The van der Waals surface area contributed by atoms with Crippen LogP contribution in [0.3, 0.4) is 0 Å². The lowest BCUT2D eigenvalue weighted by atomic mass is 10.2. The van der Waals surface area contributed by atoms with Crippen LogP contribution in [0.15, 0.2) is 36.5 Å². The lowest BCUT2D eigenvalue weighted by Gasteiger charge is -2.08. The van der Waals surface area contributed by atoms with Gasteiger partial charge in [-0.25, -0.2) is 4.39 Å². The predicted molar refractivity (Wildman–Crippen MR) is 70.7 cm³/mol. The van der Waals surface area contributed by atoms with Crippen LogP contribution in [0.2, 0.25) is 0 Å². The largest absolute Gasteiger partial charge is 0.486 e. The van der Waals surface area contributed by atoms with Crippen LogP contribution in [-0.2, 0) is 6.61 Å². The summed E-state index contributed by atoms with van der Waals surface area (Å²) in [6.07, 6.45) is 1.54. The van der Waals surface area contributed by atoms with Gasteiger partial charge in [-0.2, -0.15) is 0 Å². The van der Waals surface area contributed by atoms with Crippen molar-refractivity contribution in [2.24, 2.45) is 5.73 Å². The summed E-state index contributed by atoms with van der Waals surface area (Å²) in [4.78, 5) is 3.95. The second-order valence-corrected chi connectivity index (χ2v) is 4.19. The number of pyridine rings is 1. The number of rotatable bonds is 4. The van der Waals surface area contributed by atoms with Crippen molar-refractivity contribution in [3.63, 3.8) is 0 Å². The average molecular weight is 259 g/mol. The molecule has 4 nitrogen and oxygen atoms in total. The van der Waals surface area contributed by atoms with Crippen LogP contribution in [0.5, 0.6) is 5.75 Å². The van der Waals surface area contributed by atoms with E-state index in [1.807, 2.05) is 6.92 Å². The maximum atomic E-state index is 13.5. The van der Waals surface area contributed by atoms with Crippen LogP contribution in [-0.4, -0.2) is 10.8 Å². The van der Waals surface area contributed by atoms with Gasteiger partial charge in [0.05, 0.1) is 0 Å². The van der Waals surface area contributed by atoms with E-state index >= 15 is 0 Å².